The molecular formula is C17H29NO3. The fourth-order valence-corrected chi connectivity index (χ4v) is 3.65. The average Bonchev–Trinajstić information content (AvgIpc) is 2.79. The van der Waals surface area contributed by atoms with Gasteiger partial charge in [0.05, 0.1) is 0 Å². The lowest BCUT2D eigenvalue weighted by Gasteiger charge is -2.39. The lowest BCUT2D eigenvalue weighted by molar-refractivity contribution is -0.136. The summed E-state index contributed by atoms with van der Waals surface area (Å²) in [6.07, 6.45) is 4.57. The van der Waals surface area contributed by atoms with Gasteiger partial charge in [0, 0.05) is 23.9 Å². The first-order valence-electron chi connectivity index (χ1n) is 8.16. The van der Waals surface area contributed by atoms with Crippen molar-refractivity contribution in [2.45, 2.75) is 78.4 Å². The van der Waals surface area contributed by atoms with Crippen molar-refractivity contribution in [1.29, 1.82) is 0 Å². The minimum atomic E-state index is -0.486. The molecule has 120 valence electrons. The molecule has 4 nitrogen and oxygen atoms in total. The van der Waals surface area contributed by atoms with Crippen LogP contribution in [0.15, 0.2) is 0 Å². The molecule has 1 amide bonds. The summed E-state index contributed by atoms with van der Waals surface area (Å²) in [5.41, 5.74) is -0.731. The van der Waals surface area contributed by atoms with E-state index < -0.39 is 5.60 Å². The summed E-state index contributed by atoms with van der Waals surface area (Å²) >= 11 is 0. The summed E-state index contributed by atoms with van der Waals surface area (Å²) in [4.78, 5) is 26.9. The standard InChI is InChI=1S/C17H29NO3/c1-16(2,3)21-15(20)18-11-7-9-13(18)12-8-6-10-17(4,5)14(12)19/h12-13H,6-11H2,1-5H3. The highest BCUT2D eigenvalue weighted by Gasteiger charge is 2.45. The van der Waals surface area contributed by atoms with Crippen molar-refractivity contribution in [2.24, 2.45) is 11.3 Å². The first-order valence-corrected chi connectivity index (χ1v) is 8.16. The third-order valence-electron chi connectivity index (χ3n) is 4.71. The number of carbonyl (C=O) groups is 2. The molecule has 1 heterocycles. The van der Waals surface area contributed by atoms with Crippen LogP contribution in [0, 0.1) is 11.3 Å². The summed E-state index contributed by atoms with van der Waals surface area (Å²) in [6, 6.07) is 0.0342. The Hall–Kier alpha value is -1.06. The van der Waals surface area contributed by atoms with Crippen LogP contribution in [0.4, 0.5) is 4.79 Å². The van der Waals surface area contributed by atoms with Crippen LogP contribution in [0.25, 0.3) is 0 Å². The molecule has 2 rings (SSSR count). The monoisotopic (exact) mass is 295 g/mol. The maximum atomic E-state index is 12.7. The molecule has 2 aliphatic rings. The van der Waals surface area contributed by atoms with Gasteiger partial charge >= 0.3 is 6.09 Å². The molecule has 21 heavy (non-hydrogen) atoms. The zero-order valence-corrected chi connectivity index (χ0v) is 14.1. The molecule has 0 aromatic rings. The molecule has 1 aliphatic heterocycles. The lowest BCUT2D eigenvalue weighted by atomic mass is 9.68. The van der Waals surface area contributed by atoms with E-state index in [1.165, 1.54) is 0 Å². The Morgan fingerprint density at radius 2 is 1.90 bits per heavy atom. The van der Waals surface area contributed by atoms with Crippen LogP contribution < -0.4 is 0 Å². The van der Waals surface area contributed by atoms with Gasteiger partial charge in [-0.2, -0.15) is 0 Å². The fourth-order valence-electron chi connectivity index (χ4n) is 3.65. The van der Waals surface area contributed by atoms with E-state index in [1.807, 2.05) is 34.6 Å². The fraction of sp³-hybridized carbons (Fsp3) is 0.882. The Balaban J connectivity index is 2.11. The van der Waals surface area contributed by atoms with Gasteiger partial charge in [0.25, 0.3) is 0 Å². The summed E-state index contributed by atoms with van der Waals surface area (Å²) < 4.78 is 5.51. The summed E-state index contributed by atoms with van der Waals surface area (Å²) in [5, 5.41) is 0. The van der Waals surface area contributed by atoms with Gasteiger partial charge in [-0.1, -0.05) is 20.3 Å². The molecule has 2 atom stereocenters. The second-order valence-corrected chi connectivity index (χ2v) is 8.13. The van der Waals surface area contributed by atoms with E-state index in [0.29, 0.717) is 12.3 Å². The second kappa shape index (κ2) is 5.62. The number of nitrogens with zero attached hydrogens (tertiary/aromatic N) is 1. The predicted molar refractivity (Wildman–Crippen MR) is 82.1 cm³/mol. The maximum Gasteiger partial charge on any atom is 0.410 e. The van der Waals surface area contributed by atoms with Gasteiger partial charge in [-0.3, -0.25) is 4.79 Å². The van der Waals surface area contributed by atoms with Crippen molar-refractivity contribution in [3.63, 3.8) is 0 Å². The van der Waals surface area contributed by atoms with Gasteiger partial charge in [-0.25, -0.2) is 4.79 Å². The molecule has 0 N–H and O–H groups in total. The molecule has 1 saturated carbocycles. The Bertz CT molecular complexity index is 422. The lowest BCUT2D eigenvalue weighted by Crippen LogP contribution is -2.49. The minimum Gasteiger partial charge on any atom is -0.444 e. The van der Waals surface area contributed by atoms with E-state index in [0.717, 1.165) is 32.1 Å². The van der Waals surface area contributed by atoms with E-state index >= 15 is 0 Å². The number of rotatable bonds is 1. The zero-order valence-electron chi connectivity index (χ0n) is 14.1. The summed E-state index contributed by atoms with van der Waals surface area (Å²) in [6.45, 7) is 10.4. The molecular weight excluding hydrogens is 266 g/mol. The van der Waals surface area contributed by atoms with E-state index in [1.54, 1.807) is 4.90 Å². The first kappa shape index (κ1) is 16.3. The van der Waals surface area contributed by atoms with Crippen molar-refractivity contribution in [3.8, 4) is 0 Å². The van der Waals surface area contributed by atoms with Crippen molar-refractivity contribution >= 4 is 11.9 Å². The topological polar surface area (TPSA) is 46.6 Å². The Morgan fingerprint density at radius 3 is 2.52 bits per heavy atom. The number of carbonyl (C=O) groups excluding carboxylic acids is 2. The number of likely N-dealkylation sites (tertiary alicyclic amines) is 1. The van der Waals surface area contributed by atoms with Gasteiger partial charge in [-0.05, 0) is 46.5 Å². The average molecular weight is 295 g/mol. The Kier molecular flexibility index (Phi) is 4.36. The molecule has 1 saturated heterocycles. The highest BCUT2D eigenvalue weighted by atomic mass is 16.6. The number of amides is 1. The highest BCUT2D eigenvalue weighted by Crippen LogP contribution is 2.40. The molecule has 0 aromatic heterocycles. The van der Waals surface area contributed by atoms with Crippen LogP contribution in [-0.2, 0) is 9.53 Å². The SMILES string of the molecule is CC(C)(C)OC(=O)N1CCCC1C1CCCC(C)(C)C1=O. The van der Waals surface area contributed by atoms with Crippen LogP contribution in [0.3, 0.4) is 0 Å². The van der Waals surface area contributed by atoms with Gasteiger partial charge in [-0.15, -0.1) is 0 Å². The Labute approximate surface area is 128 Å². The smallest absolute Gasteiger partial charge is 0.410 e. The maximum absolute atomic E-state index is 12.7. The van der Waals surface area contributed by atoms with Crippen LogP contribution >= 0.6 is 0 Å². The molecule has 2 unspecified atom stereocenters. The molecule has 1 aliphatic carbocycles. The van der Waals surface area contributed by atoms with Crippen molar-refractivity contribution in [1.82, 2.24) is 4.90 Å². The first-order chi connectivity index (χ1) is 9.62. The Morgan fingerprint density at radius 1 is 1.24 bits per heavy atom. The van der Waals surface area contributed by atoms with E-state index in [9.17, 15) is 9.59 Å². The number of hydrogen-bond donors (Lipinski definition) is 0. The van der Waals surface area contributed by atoms with Gasteiger partial charge in [0.15, 0.2) is 0 Å². The van der Waals surface area contributed by atoms with E-state index in [-0.39, 0.29) is 23.5 Å². The van der Waals surface area contributed by atoms with Crippen molar-refractivity contribution in [2.75, 3.05) is 6.54 Å². The summed E-state index contributed by atoms with van der Waals surface area (Å²) in [5.74, 6) is 0.318. The van der Waals surface area contributed by atoms with Crippen molar-refractivity contribution in [3.05, 3.63) is 0 Å². The van der Waals surface area contributed by atoms with Crippen LogP contribution in [0.2, 0.25) is 0 Å². The van der Waals surface area contributed by atoms with Crippen molar-refractivity contribution < 1.29 is 14.3 Å². The minimum absolute atomic E-state index is 0.0104. The summed E-state index contributed by atoms with van der Waals surface area (Å²) in [7, 11) is 0. The molecule has 0 aromatic carbocycles. The van der Waals surface area contributed by atoms with Gasteiger partial charge in [0.2, 0.25) is 0 Å². The number of hydrogen-bond acceptors (Lipinski definition) is 3. The van der Waals surface area contributed by atoms with Crippen LogP contribution in [0.5, 0.6) is 0 Å². The van der Waals surface area contributed by atoms with Gasteiger partial charge in [0.1, 0.15) is 11.4 Å². The molecule has 2 fully saturated rings. The predicted octanol–water partition coefficient (Wildman–Crippen LogP) is 3.78. The number of ether oxygens (including phenoxy) is 1. The van der Waals surface area contributed by atoms with Gasteiger partial charge < -0.3 is 9.64 Å². The van der Waals surface area contributed by atoms with Crippen LogP contribution in [0.1, 0.15) is 66.7 Å². The molecule has 4 heteroatoms. The largest absolute Gasteiger partial charge is 0.444 e. The quantitative estimate of drug-likeness (QED) is 0.739. The zero-order chi connectivity index (χ0) is 15.8. The normalized spacial score (nSPS) is 29.6. The third-order valence-corrected chi connectivity index (χ3v) is 4.71. The van der Waals surface area contributed by atoms with E-state index in [4.69, 9.17) is 4.74 Å². The highest BCUT2D eigenvalue weighted by molar-refractivity contribution is 5.88. The van der Waals surface area contributed by atoms with Crippen LogP contribution in [-0.4, -0.2) is 35.0 Å². The van der Waals surface area contributed by atoms with E-state index in [2.05, 4.69) is 0 Å². The second-order valence-electron chi connectivity index (χ2n) is 8.13. The number of Topliss-reactive ketones (excluding diaryl/α,β-unsaturated/α-hetero) is 1. The number of ketones is 1. The molecule has 0 bridgehead atoms. The third kappa shape index (κ3) is 3.58. The molecule has 0 radical (unpaired) electrons. The molecule has 0 spiro atoms.